The summed E-state index contributed by atoms with van der Waals surface area (Å²) in [5.74, 6) is -3.17. The molecule has 0 radical (unpaired) electrons. The quantitative estimate of drug-likeness (QED) is 0.660. The van der Waals surface area contributed by atoms with Crippen molar-refractivity contribution in [3.05, 3.63) is 59.7 Å². The zero-order valence-corrected chi connectivity index (χ0v) is 11.4. The summed E-state index contributed by atoms with van der Waals surface area (Å²) in [6.07, 6.45) is 0. The monoisotopic (exact) mass is 279 g/mol. The fourth-order valence-corrected chi connectivity index (χ4v) is 2.71. The Balaban J connectivity index is 2.12. The summed E-state index contributed by atoms with van der Waals surface area (Å²) in [5, 5.41) is 0. The van der Waals surface area contributed by atoms with Crippen LogP contribution in [-0.4, -0.2) is 5.75 Å². The van der Waals surface area contributed by atoms with Crippen molar-refractivity contribution in [3.8, 4) is 0 Å². The van der Waals surface area contributed by atoms with Crippen LogP contribution in [0.2, 0.25) is 0 Å². The van der Waals surface area contributed by atoms with E-state index in [4.69, 9.17) is 5.73 Å². The molecular formula is C15H15F2NS. The van der Waals surface area contributed by atoms with Gasteiger partial charge in [0.1, 0.15) is 0 Å². The van der Waals surface area contributed by atoms with E-state index in [2.05, 4.69) is 0 Å². The lowest BCUT2D eigenvalue weighted by Crippen LogP contribution is -2.16. The fraction of sp³-hybridized carbons (Fsp3) is 0.200. The minimum Gasteiger partial charge on any atom is -0.398 e. The van der Waals surface area contributed by atoms with Gasteiger partial charge in [-0.3, -0.25) is 0 Å². The highest BCUT2D eigenvalue weighted by atomic mass is 32.2. The van der Waals surface area contributed by atoms with Gasteiger partial charge in [0.2, 0.25) is 0 Å². The third kappa shape index (κ3) is 3.26. The largest absolute Gasteiger partial charge is 0.398 e. The lowest BCUT2D eigenvalue weighted by molar-refractivity contribution is 0.0232. The summed E-state index contributed by atoms with van der Waals surface area (Å²) >= 11 is 1.09. The summed E-state index contributed by atoms with van der Waals surface area (Å²) < 4.78 is 28.0. The van der Waals surface area contributed by atoms with Crippen molar-refractivity contribution in [2.24, 2.45) is 0 Å². The molecule has 4 heteroatoms. The number of thioether (sulfide) groups is 1. The second-order valence-electron chi connectivity index (χ2n) is 4.35. The molecule has 0 aliphatic carbocycles. The summed E-state index contributed by atoms with van der Waals surface area (Å²) in [7, 11) is 0. The number of anilines is 1. The van der Waals surface area contributed by atoms with E-state index in [1.807, 2.05) is 19.1 Å². The standard InChI is InChI=1S/C15H15F2NS/c1-11-6-5-9-13(14(11)18)19-10-15(16,17)12-7-3-2-4-8-12/h2-9H,10,18H2,1H3. The van der Waals surface area contributed by atoms with Crippen LogP contribution < -0.4 is 5.73 Å². The molecule has 2 N–H and O–H groups in total. The molecule has 2 aromatic carbocycles. The van der Waals surface area contributed by atoms with E-state index in [1.54, 1.807) is 24.3 Å². The van der Waals surface area contributed by atoms with Gasteiger partial charge >= 0.3 is 0 Å². The first-order valence-electron chi connectivity index (χ1n) is 5.92. The van der Waals surface area contributed by atoms with Crippen LogP contribution in [0.1, 0.15) is 11.1 Å². The van der Waals surface area contributed by atoms with E-state index < -0.39 is 5.92 Å². The van der Waals surface area contributed by atoms with E-state index in [0.717, 1.165) is 17.3 Å². The van der Waals surface area contributed by atoms with Gasteiger partial charge in [0.15, 0.2) is 0 Å². The van der Waals surface area contributed by atoms with Gasteiger partial charge in [-0.1, -0.05) is 42.5 Å². The van der Waals surface area contributed by atoms with Crippen LogP contribution in [0.4, 0.5) is 14.5 Å². The Morgan fingerprint density at radius 2 is 1.74 bits per heavy atom. The number of aryl methyl sites for hydroxylation is 1. The molecule has 1 nitrogen and oxygen atoms in total. The van der Waals surface area contributed by atoms with Crippen LogP contribution in [0.3, 0.4) is 0 Å². The molecule has 0 amide bonds. The third-order valence-corrected chi connectivity index (χ3v) is 4.06. The minimum absolute atomic E-state index is 0.0359. The average molecular weight is 279 g/mol. The first-order chi connectivity index (χ1) is 9.00. The van der Waals surface area contributed by atoms with Crippen molar-refractivity contribution in [2.45, 2.75) is 17.7 Å². The van der Waals surface area contributed by atoms with Crippen LogP contribution in [0.5, 0.6) is 0 Å². The zero-order chi connectivity index (χ0) is 13.9. The number of hydrogen-bond acceptors (Lipinski definition) is 2. The zero-order valence-electron chi connectivity index (χ0n) is 10.6. The van der Waals surface area contributed by atoms with E-state index in [9.17, 15) is 8.78 Å². The van der Waals surface area contributed by atoms with Crippen molar-refractivity contribution in [1.29, 1.82) is 0 Å². The molecule has 0 saturated carbocycles. The average Bonchev–Trinajstić information content (AvgIpc) is 2.41. The molecule has 0 spiro atoms. The number of nitrogens with two attached hydrogens (primary N) is 1. The molecule has 100 valence electrons. The molecule has 2 rings (SSSR count). The SMILES string of the molecule is Cc1cccc(SCC(F)(F)c2ccccc2)c1N. The van der Waals surface area contributed by atoms with Gasteiger partial charge < -0.3 is 5.73 Å². The van der Waals surface area contributed by atoms with Gasteiger partial charge in [-0.2, -0.15) is 0 Å². The number of hydrogen-bond donors (Lipinski definition) is 1. The van der Waals surface area contributed by atoms with Crippen molar-refractivity contribution < 1.29 is 8.78 Å². The van der Waals surface area contributed by atoms with E-state index >= 15 is 0 Å². The Morgan fingerprint density at radius 3 is 2.42 bits per heavy atom. The minimum atomic E-state index is -2.86. The van der Waals surface area contributed by atoms with Crippen molar-refractivity contribution in [2.75, 3.05) is 11.5 Å². The molecular weight excluding hydrogens is 264 g/mol. The summed E-state index contributed by atoms with van der Waals surface area (Å²) in [5.41, 5.74) is 7.41. The lowest BCUT2D eigenvalue weighted by atomic mass is 10.1. The molecule has 0 atom stereocenters. The first kappa shape index (κ1) is 13.9. The van der Waals surface area contributed by atoms with Crippen molar-refractivity contribution in [3.63, 3.8) is 0 Å². The second-order valence-corrected chi connectivity index (χ2v) is 5.36. The predicted molar refractivity (Wildman–Crippen MR) is 76.7 cm³/mol. The smallest absolute Gasteiger partial charge is 0.282 e. The van der Waals surface area contributed by atoms with Crippen LogP contribution >= 0.6 is 11.8 Å². The molecule has 0 saturated heterocycles. The molecule has 0 fully saturated rings. The number of para-hydroxylation sites is 1. The maximum Gasteiger partial charge on any atom is 0.282 e. The number of alkyl halides is 2. The highest BCUT2D eigenvalue weighted by Crippen LogP contribution is 2.36. The van der Waals surface area contributed by atoms with Gasteiger partial charge in [0.05, 0.1) is 5.75 Å². The van der Waals surface area contributed by atoms with Crippen LogP contribution in [0.15, 0.2) is 53.4 Å². The van der Waals surface area contributed by atoms with Gasteiger partial charge in [-0.05, 0) is 18.6 Å². The molecule has 0 aromatic heterocycles. The van der Waals surface area contributed by atoms with E-state index in [1.165, 1.54) is 12.1 Å². The molecule has 0 unspecified atom stereocenters. The van der Waals surface area contributed by atoms with Crippen LogP contribution in [0, 0.1) is 6.92 Å². The van der Waals surface area contributed by atoms with E-state index in [-0.39, 0.29) is 11.3 Å². The highest BCUT2D eigenvalue weighted by Gasteiger charge is 2.31. The Bertz CT molecular complexity index is 555. The predicted octanol–water partition coefficient (Wildman–Crippen LogP) is 4.46. The molecule has 0 bridgehead atoms. The molecule has 19 heavy (non-hydrogen) atoms. The molecule has 0 aliphatic rings. The van der Waals surface area contributed by atoms with Crippen LogP contribution in [-0.2, 0) is 5.92 Å². The number of halogens is 2. The number of benzene rings is 2. The van der Waals surface area contributed by atoms with Crippen molar-refractivity contribution in [1.82, 2.24) is 0 Å². The van der Waals surface area contributed by atoms with Crippen LogP contribution in [0.25, 0.3) is 0 Å². The highest BCUT2D eigenvalue weighted by molar-refractivity contribution is 7.99. The fourth-order valence-electron chi connectivity index (χ4n) is 1.71. The lowest BCUT2D eigenvalue weighted by Gasteiger charge is -2.17. The second kappa shape index (κ2) is 5.61. The maximum absolute atomic E-state index is 14.0. The number of nitrogen functional groups attached to an aromatic ring is 1. The Labute approximate surface area is 115 Å². The van der Waals surface area contributed by atoms with Gasteiger partial charge in [-0.25, -0.2) is 8.78 Å². The topological polar surface area (TPSA) is 26.0 Å². The Morgan fingerprint density at radius 1 is 1.05 bits per heavy atom. The normalized spacial score (nSPS) is 11.5. The van der Waals surface area contributed by atoms with Gasteiger partial charge in [-0.15, -0.1) is 11.8 Å². The summed E-state index contributed by atoms with van der Waals surface area (Å²) in [4.78, 5) is 0.704. The van der Waals surface area contributed by atoms with E-state index in [0.29, 0.717) is 10.6 Å². The van der Waals surface area contributed by atoms with Crippen molar-refractivity contribution >= 4 is 17.4 Å². The maximum atomic E-state index is 14.0. The first-order valence-corrected chi connectivity index (χ1v) is 6.90. The van der Waals surface area contributed by atoms with Gasteiger partial charge in [0.25, 0.3) is 5.92 Å². The van der Waals surface area contributed by atoms with Gasteiger partial charge in [0, 0.05) is 16.1 Å². The summed E-state index contributed by atoms with van der Waals surface area (Å²) in [6, 6.07) is 13.3. The third-order valence-electron chi connectivity index (χ3n) is 2.89. The molecule has 0 heterocycles. The summed E-state index contributed by atoms with van der Waals surface area (Å²) in [6.45, 7) is 1.87. The Hall–Kier alpha value is -1.55. The Kier molecular flexibility index (Phi) is 4.10. The number of rotatable bonds is 4. The molecule has 0 aliphatic heterocycles. The molecule has 2 aromatic rings.